The standard InChI is InChI=1S/C14H20FN3O/c1-14(2)13(19)17(3)6-7-18(14)12-5-4-10(9-16)8-11(12)15/h4-5,8H,6-7,9,16H2,1-3H3. The second-order valence-corrected chi connectivity index (χ2v) is 5.43. The number of hydrogen-bond donors (Lipinski definition) is 1. The van der Waals surface area contributed by atoms with Crippen LogP contribution in [0.3, 0.4) is 0 Å². The third-order valence-electron chi connectivity index (χ3n) is 3.74. The maximum atomic E-state index is 14.2. The van der Waals surface area contributed by atoms with Gasteiger partial charge < -0.3 is 15.5 Å². The summed E-state index contributed by atoms with van der Waals surface area (Å²) in [7, 11) is 1.77. The Labute approximate surface area is 113 Å². The fraction of sp³-hybridized carbons (Fsp3) is 0.500. The summed E-state index contributed by atoms with van der Waals surface area (Å²) >= 11 is 0. The van der Waals surface area contributed by atoms with Crippen LogP contribution in [0.5, 0.6) is 0 Å². The maximum Gasteiger partial charge on any atom is 0.247 e. The van der Waals surface area contributed by atoms with Crippen molar-refractivity contribution in [3.8, 4) is 0 Å². The molecule has 0 aromatic heterocycles. The SMILES string of the molecule is CN1CCN(c2ccc(CN)cc2F)C(C)(C)C1=O. The number of anilines is 1. The second kappa shape index (κ2) is 4.81. The minimum atomic E-state index is -0.738. The molecule has 1 saturated heterocycles. The predicted octanol–water partition coefficient (Wildman–Crippen LogP) is 1.34. The Morgan fingerprint density at radius 1 is 1.37 bits per heavy atom. The highest BCUT2D eigenvalue weighted by Gasteiger charge is 2.41. The number of rotatable bonds is 2. The Kier molecular flexibility index (Phi) is 3.49. The fourth-order valence-corrected chi connectivity index (χ4v) is 2.53. The summed E-state index contributed by atoms with van der Waals surface area (Å²) in [5, 5.41) is 0. The van der Waals surface area contributed by atoms with Crippen LogP contribution in [0.15, 0.2) is 18.2 Å². The van der Waals surface area contributed by atoms with Crippen molar-refractivity contribution in [1.29, 1.82) is 0 Å². The fourth-order valence-electron chi connectivity index (χ4n) is 2.53. The van der Waals surface area contributed by atoms with Crippen LogP contribution in [0.2, 0.25) is 0 Å². The highest BCUT2D eigenvalue weighted by Crippen LogP contribution is 2.30. The van der Waals surface area contributed by atoms with Crippen molar-refractivity contribution < 1.29 is 9.18 Å². The van der Waals surface area contributed by atoms with E-state index in [4.69, 9.17) is 5.73 Å². The minimum Gasteiger partial charge on any atom is -0.353 e. The summed E-state index contributed by atoms with van der Waals surface area (Å²) in [6.45, 7) is 5.17. The monoisotopic (exact) mass is 265 g/mol. The summed E-state index contributed by atoms with van der Waals surface area (Å²) in [5.74, 6) is -0.325. The molecule has 1 aliphatic rings. The highest BCUT2D eigenvalue weighted by atomic mass is 19.1. The zero-order valence-corrected chi connectivity index (χ0v) is 11.6. The van der Waals surface area contributed by atoms with E-state index in [1.54, 1.807) is 24.1 Å². The molecular formula is C14H20FN3O. The largest absolute Gasteiger partial charge is 0.353 e. The van der Waals surface area contributed by atoms with Gasteiger partial charge in [0.1, 0.15) is 11.4 Å². The Balaban J connectivity index is 2.38. The van der Waals surface area contributed by atoms with E-state index >= 15 is 0 Å². The van der Waals surface area contributed by atoms with Crippen LogP contribution < -0.4 is 10.6 Å². The number of piperazine rings is 1. The quantitative estimate of drug-likeness (QED) is 0.878. The smallest absolute Gasteiger partial charge is 0.247 e. The molecule has 2 rings (SSSR count). The summed E-state index contributed by atoms with van der Waals surface area (Å²) in [6.07, 6.45) is 0. The van der Waals surface area contributed by atoms with E-state index in [-0.39, 0.29) is 11.7 Å². The number of carbonyl (C=O) groups is 1. The Morgan fingerprint density at radius 3 is 2.63 bits per heavy atom. The number of nitrogens with two attached hydrogens (primary N) is 1. The van der Waals surface area contributed by atoms with Gasteiger partial charge in [-0.25, -0.2) is 4.39 Å². The van der Waals surface area contributed by atoms with Crippen molar-refractivity contribution in [2.24, 2.45) is 5.73 Å². The van der Waals surface area contributed by atoms with Gasteiger partial charge in [0.05, 0.1) is 5.69 Å². The summed E-state index contributed by atoms with van der Waals surface area (Å²) in [6, 6.07) is 4.95. The maximum absolute atomic E-state index is 14.2. The first-order valence-electron chi connectivity index (χ1n) is 6.39. The molecule has 5 heteroatoms. The van der Waals surface area contributed by atoms with Gasteiger partial charge in [-0.15, -0.1) is 0 Å². The number of likely N-dealkylation sites (N-methyl/N-ethyl adjacent to an activating group) is 1. The lowest BCUT2D eigenvalue weighted by Crippen LogP contribution is -2.62. The molecule has 0 bridgehead atoms. The van der Waals surface area contributed by atoms with Gasteiger partial charge in [-0.1, -0.05) is 6.07 Å². The number of carbonyl (C=O) groups excluding carboxylic acids is 1. The lowest BCUT2D eigenvalue weighted by atomic mass is 9.96. The molecule has 1 aromatic rings. The third-order valence-corrected chi connectivity index (χ3v) is 3.74. The first kappa shape index (κ1) is 13.8. The molecule has 1 amide bonds. The van der Waals surface area contributed by atoms with Gasteiger partial charge >= 0.3 is 0 Å². The van der Waals surface area contributed by atoms with E-state index in [0.717, 1.165) is 5.56 Å². The molecule has 1 fully saturated rings. The molecular weight excluding hydrogens is 245 g/mol. The first-order chi connectivity index (χ1) is 8.87. The van der Waals surface area contributed by atoms with Gasteiger partial charge in [-0.2, -0.15) is 0 Å². The van der Waals surface area contributed by atoms with Crippen LogP contribution in [0, 0.1) is 5.82 Å². The van der Waals surface area contributed by atoms with E-state index in [2.05, 4.69) is 0 Å². The van der Waals surface area contributed by atoms with Crippen LogP contribution >= 0.6 is 0 Å². The zero-order chi connectivity index (χ0) is 14.2. The topological polar surface area (TPSA) is 49.6 Å². The number of amides is 1. The molecule has 0 saturated carbocycles. The van der Waals surface area contributed by atoms with Crippen LogP contribution in [-0.2, 0) is 11.3 Å². The van der Waals surface area contributed by atoms with Crippen molar-refractivity contribution >= 4 is 11.6 Å². The molecule has 0 aliphatic carbocycles. The first-order valence-corrected chi connectivity index (χ1v) is 6.39. The Hall–Kier alpha value is -1.62. The molecule has 0 radical (unpaired) electrons. The van der Waals surface area contributed by atoms with E-state index in [1.807, 2.05) is 18.7 Å². The van der Waals surface area contributed by atoms with Crippen LogP contribution in [0.25, 0.3) is 0 Å². The van der Waals surface area contributed by atoms with E-state index in [1.165, 1.54) is 6.07 Å². The molecule has 0 atom stereocenters. The molecule has 1 aliphatic heterocycles. The van der Waals surface area contributed by atoms with E-state index in [9.17, 15) is 9.18 Å². The normalized spacial score (nSPS) is 18.9. The average Bonchev–Trinajstić information content (AvgIpc) is 2.37. The molecule has 2 N–H and O–H groups in total. The van der Waals surface area contributed by atoms with Crippen molar-refractivity contribution in [3.05, 3.63) is 29.6 Å². The second-order valence-electron chi connectivity index (χ2n) is 5.43. The molecule has 4 nitrogen and oxygen atoms in total. The van der Waals surface area contributed by atoms with E-state index < -0.39 is 5.54 Å². The molecule has 104 valence electrons. The number of benzene rings is 1. The van der Waals surface area contributed by atoms with Gasteiger partial charge in [0.15, 0.2) is 0 Å². The van der Waals surface area contributed by atoms with Gasteiger partial charge in [0.25, 0.3) is 0 Å². The Bertz CT molecular complexity index is 501. The third kappa shape index (κ3) is 2.30. The molecule has 0 unspecified atom stereocenters. The van der Waals surface area contributed by atoms with Crippen LogP contribution in [-0.4, -0.2) is 36.5 Å². The minimum absolute atomic E-state index is 0.000974. The molecule has 19 heavy (non-hydrogen) atoms. The lowest BCUT2D eigenvalue weighted by Gasteiger charge is -2.46. The molecule has 1 aromatic carbocycles. The van der Waals surface area contributed by atoms with E-state index in [0.29, 0.717) is 25.3 Å². The highest BCUT2D eigenvalue weighted by molar-refractivity contribution is 5.90. The number of hydrogen-bond acceptors (Lipinski definition) is 3. The zero-order valence-electron chi connectivity index (χ0n) is 11.6. The lowest BCUT2D eigenvalue weighted by molar-refractivity contribution is -0.136. The number of halogens is 1. The Morgan fingerprint density at radius 2 is 2.05 bits per heavy atom. The molecule has 1 heterocycles. The van der Waals surface area contributed by atoms with Crippen LogP contribution in [0.4, 0.5) is 10.1 Å². The van der Waals surface area contributed by atoms with Crippen molar-refractivity contribution in [2.75, 3.05) is 25.0 Å². The van der Waals surface area contributed by atoms with Gasteiger partial charge in [-0.05, 0) is 31.5 Å². The predicted molar refractivity (Wildman–Crippen MR) is 73.4 cm³/mol. The van der Waals surface area contributed by atoms with Crippen LogP contribution in [0.1, 0.15) is 19.4 Å². The summed E-state index contributed by atoms with van der Waals surface area (Å²) < 4.78 is 14.2. The molecule has 0 spiro atoms. The van der Waals surface area contributed by atoms with Crippen molar-refractivity contribution in [1.82, 2.24) is 4.90 Å². The van der Waals surface area contributed by atoms with Gasteiger partial charge in [0, 0.05) is 26.7 Å². The number of nitrogens with zero attached hydrogens (tertiary/aromatic N) is 2. The summed E-state index contributed by atoms with van der Waals surface area (Å²) in [4.78, 5) is 15.7. The van der Waals surface area contributed by atoms with Gasteiger partial charge in [-0.3, -0.25) is 4.79 Å². The average molecular weight is 265 g/mol. The van der Waals surface area contributed by atoms with Crippen molar-refractivity contribution in [2.45, 2.75) is 25.9 Å². The van der Waals surface area contributed by atoms with Crippen molar-refractivity contribution in [3.63, 3.8) is 0 Å². The summed E-state index contributed by atoms with van der Waals surface area (Å²) in [5.41, 5.74) is 5.97. The van der Waals surface area contributed by atoms with Gasteiger partial charge in [0.2, 0.25) is 5.91 Å².